The van der Waals surface area contributed by atoms with Gasteiger partial charge in [0.05, 0.1) is 0 Å². The molecule has 27 valence electrons. The van der Waals surface area contributed by atoms with Gasteiger partial charge in [-0.3, -0.25) is 0 Å². The Kier molecular flexibility index (Phi) is 1140. The van der Waals surface area contributed by atoms with Crippen LogP contribution in [0.3, 0.4) is 0 Å². The molecule has 0 aromatic carbocycles. The van der Waals surface area contributed by atoms with E-state index in [0.717, 1.165) is 0 Å². The third-order valence-corrected chi connectivity index (χ3v) is 0. The Morgan fingerprint density at radius 1 is 1.00 bits per heavy atom. The van der Waals surface area contributed by atoms with Gasteiger partial charge in [0.2, 0.25) is 0 Å². The minimum absolute atomic E-state index is 0. The standard InChI is InChI=1S/Cr.OSi.2O.Ti/c;1-2;;;/q+3;+2;2*-2;+4. The topological polar surface area (TPSA) is 74.1 Å². The van der Waals surface area contributed by atoms with Crippen LogP contribution >= 0.6 is 0 Å². The van der Waals surface area contributed by atoms with Crippen molar-refractivity contribution in [2.24, 2.45) is 0 Å². The Bertz CT molecular complexity index is 10.8. The average molecular weight is 176 g/mol. The zero-order valence-corrected chi connectivity index (χ0v) is 6.47. The zero-order valence-electron chi connectivity index (χ0n) is 2.63. The van der Waals surface area contributed by atoms with Gasteiger partial charge in [-0.05, 0) is 0 Å². The van der Waals surface area contributed by atoms with Crippen LogP contribution in [0.15, 0.2) is 0 Å². The van der Waals surface area contributed by atoms with Crippen LogP contribution in [0, 0.1) is 0 Å². The molecule has 6 heteroatoms. The van der Waals surface area contributed by atoms with Crippen LogP contribution in [0.1, 0.15) is 0 Å². The van der Waals surface area contributed by atoms with Crippen molar-refractivity contribution in [3.63, 3.8) is 0 Å². The van der Waals surface area contributed by atoms with Crippen molar-refractivity contribution >= 4 is 10.1 Å². The van der Waals surface area contributed by atoms with E-state index in [1.54, 1.807) is 10.1 Å². The van der Waals surface area contributed by atoms with Crippen LogP contribution in [0.25, 0.3) is 0 Å². The van der Waals surface area contributed by atoms with Crippen LogP contribution in [-0.4, -0.2) is 10.1 Å². The molecular formula is CrO3SiTi+5. The second kappa shape index (κ2) is 119. The van der Waals surface area contributed by atoms with Gasteiger partial charge >= 0.3 is 53.7 Å². The summed E-state index contributed by atoms with van der Waals surface area (Å²) in [5, 5.41) is 0. The number of hydrogen-bond donors (Lipinski definition) is 0. The number of rotatable bonds is 0. The molecule has 0 fully saturated rings. The summed E-state index contributed by atoms with van der Waals surface area (Å²) in [7, 11) is 1.72. The normalized spacial score (nSPS) is 1.00. The largest absolute Gasteiger partial charge is 4.00 e. The molecule has 0 atom stereocenters. The summed E-state index contributed by atoms with van der Waals surface area (Å²) >= 11 is 0. The molecule has 0 N–H and O–H groups in total. The molecule has 0 heterocycles. The van der Waals surface area contributed by atoms with E-state index in [1.165, 1.54) is 0 Å². The minimum atomic E-state index is 0. The first kappa shape index (κ1) is 57.6. The first-order chi connectivity index (χ1) is 1.00. The third-order valence-electron chi connectivity index (χ3n) is 0. The van der Waals surface area contributed by atoms with Gasteiger partial charge in [0.25, 0.3) is 0 Å². The Balaban J connectivity index is -0.000000000833. The molecule has 0 rings (SSSR count). The van der Waals surface area contributed by atoms with Crippen LogP contribution in [0.5, 0.6) is 0 Å². The summed E-state index contributed by atoms with van der Waals surface area (Å²) in [6.45, 7) is 0. The van der Waals surface area contributed by atoms with E-state index < -0.39 is 0 Å². The molecular weight excluding hydrogens is 176 g/mol. The molecule has 0 bridgehead atoms. The molecule has 1 radical (unpaired) electrons. The molecule has 0 saturated carbocycles. The maximum absolute atomic E-state index is 8.06. The van der Waals surface area contributed by atoms with Gasteiger partial charge in [0.15, 0.2) is 0 Å². The Labute approximate surface area is 64.6 Å². The molecule has 0 saturated heterocycles. The number of hydrogen-bond acceptors (Lipinski definition) is 1. The van der Waals surface area contributed by atoms with Crippen LogP contribution < -0.4 is 0 Å². The van der Waals surface area contributed by atoms with Crippen molar-refractivity contribution in [3.8, 4) is 0 Å². The summed E-state index contributed by atoms with van der Waals surface area (Å²) in [6, 6.07) is 0. The predicted octanol–water partition coefficient (Wildman–Crippen LogP) is -0.742. The summed E-state index contributed by atoms with van der Waals surface area (Å²) < 4.78 is 8.06. The van der Waals surface area contributed by atoms with Crippen molar-refractivity contribution in [3.05, 3.63) is 0 Å². The second-order valence-electron chi connectivity index (χ2n) is 0. The molecule has 0 aliphatic carbocycles. The quantitative estimate of drug-likeness (QED) is 0.447. The smallest absolute Gasteiger partial charge is 2.00 e. The zero-order chi connectivity index (χ0) is 2.00. The van der Waals surface area contributed by atoms with Gasteiger partial charge < -0.3 is 11.0 Å². The van der Waals surface area contributed by atoms with E-state index in [9.17, 15) is 0 Å². The minimum Gasteiger partial charge on any atom is -2.00 e. The van der Waals surface area contributed by atoms with E-state index in [2.05, 4.69) is 0 Å². The van der Waals surface area contributed by atoms with Gasteiger partial charge in [-0.1, -0.05) is 0 Å². The predicted molar refractivity (Wildman–Crippen MR) is 7.81 cm³/mol. The second-order valence-corrected chi connectivity index (χ2v) is 0. The summed E-state index contributed by atoms with van der Waals surface area (Å²) in [5.41, 5.74) is 0. The van der Waals surface area contributed by atoms with Crippen molar-refractivity contribution < 1.29 is 54.5 Å². The van der Waals surface area contributed by atoms with Crippen molar-refractivity contribution in [2.45, 2.75) is 0 Å². The van der Waals surface area contributed by atoms with Crippen LogP contribution in [0.2, 0.25) is 0 Å². The molecule has 0 aliphatic rings. The SMILES string of the molecule is O=[Si+2].[Cr+3].[O-2].[O-2].[Ti+4]. The third kappa shape index (κ3) is 64.8. The van der Waals surface area contributed by atoms with Crippen LogP contribution in [-0.2, 0) is 54.5 Å². The summed E-state index contributed by atoms with van der Waals surface area (Å²) in [5.74, 6) is 0. The van der Waals surface area contributed by atoms with Gasteiger partial charge in [0.1, 0.15) is 0 Å². The van der Waals surface area contributed by atoms with Gasteiger partial charge in [-0.25, -0.2) is 0 Å². The molecule has 3 nitrogen and oxygen atoms in total. The van der Waals surface area contributed by atoms with Gasteiger partial charge in [-0.2, -0.15) is 0 Å². The summed E-state index contributed by atoms with van der Waals surface area (Å²) in [4.78, 5) is 0. The van der Waals surface area contributed by atoms with Crippen molar-refractivity contribution in [1.29, 1.82) is 0 Å². The maximum Gasteiger partial charge on any atom is 4.00 e. The Morgan fingerprint density at radius 2 is 1.00 bits per heavy atom. The molecule has 0 aliphatic heterocycles. The molecule has 6 heavy (non-hydrogen) atoms. The Hall–Kier alpha value is 1.18. The van der Waals surface area contributed by atoms with Crippen molar-refractivity contribution in [2.75, 3.05) is 0 Å². The fourth-order valence-corrected chi connectivity index (χ4v) is 0. The fraction of sp³-hybridized carbons (Fsp3) is 0. The van der Waals surface area contributed by atoms with E-state index in [0.29, 0.717) is 0 Å². The van der Waals surface area contributed by atoms with Gasteiger partial charge in [0, 0.05) is 0 Å². The average Bonchev–Trinajstić information content (AvgIpc) is 1.00. The van der Waals surface area contributed by atoms with Gasteiger partial charge in [-0.15, -0.1) is 0 Å². The monoisotopic (exact) mass is 176 g/mol. The summed E-state index contributed by atoms with van der Waals surface area (Å²) in [6.07, 6.45) is 0. The van der Waals surface area contributed by atoms with E-state index >= 15 is 0 Å². The molecule has 0 aromatic rings. The Morgan fingerprint density at radius 3 is 1.00 bits per heavy atom. The fourth-order valence-electron chi connectivity index (χ4n) is 0. The van der Waals surface area contributed by atoms with E-state index in [-0.39, 0.29) is 50.0 Å². The van der Waals surface area contributed by atoms with E-state index in [4.69, 9.17) is 4.46 Å². The first-order valence-electron chi connectivity index (χ1n) is 0.204. The molecule has 0 unspecified atom stereocenters. The van der Waals surface area contributed by atoms with Crippen LogP contribution in [0.4, 0.5) is 0 Å². The van der Waals surface area contributed by atoms with Crippen molar-refractivity contribution in [1.82, 2.24) is 0 Å². The van der Waals surface area contributed by atoms with E-state index in [1.807, 2.05) is 0 Å². The first-order valence-corrected chi connectivity index (χ1v) is 0.612. The molecule has 0 aromatic heterocycles. The maximum atomic E-state index is 8.06. The molecule has 0 spiro atoms. The molecule has 0 amide bonds.